The third-order valence-corrected chi connectivity index (χ3v) is 4.11. The molecule has 0 saturated carbocycles. The molecule has 0 aliphatic heterocycles. The fourth-order valence-electron chi connectivity index (χ4n) is 2.59. The predicted molar refractivity (Wildman–Crippen MR) is 93.5 cm³/mol. The quantitative estimate of drug-likeness (QED) is 0.803. The van der Waals surface area contributed by atoms with Gasteiger partial charge in [0.1, 0.15) is 0 Å². The summed E-state index contributed by atoms with van der Waals surface area (Å²) < 4.78 is 0. The summed E-state index contributed by atoms with van der Waals surface area (Å²) in [7, 11) is 0. The van der Waals surface area contributed by atoms with Crippen LogP contribution in [0.2, 0.25) is 5.02 Å². The van der Waals surface area contributed by atoms with E-state index in [1.165, 1.54) is 0 Å². The molecule has 0 bridgehead atoms. The van der Waals surface area contributed by atoms with Gasteiger partial charge in [0.2, 0.25) is 5.91 Å². The van der Waals surface area contributed by atoms with E-state index >= 15 is 0 Å². The number of benzene rings is 2. The maximum Gasteiger partial charge on any atom is 0.227 e. The first-order valence-corrected chi connectivity index (χ1v) is 8.25. The third-order valence-electron chi connectivity index (χ3n) is 3.88. The third kappa shape index (κ3) is 5.08. The van der Waals surface area contributed by atoms with E-state index in [0.717, 1.165) is 17.5 Å². The number of amides is 1. The second-order valence-electron chi connectivity index (χ2n) is 5.52. The van der Waals surface area contributed by atoms with Crippen LogP contribution in [0.3, 0.4) is 0 Å². The lowest BCUT2D eigenvalue weighted by Gasteiger charge is -2.17. The van der Waals surface area contributed by atoms with Crippen molar-refractivity contribution in [3.05, 3.63) is 70.7 Å². The number of rotatable bonds is 7. The standard InChI is InChI=1S/C19H22ClNO2/c1-2-17(14-7-4-3-5-8-14)19(23)21-12-11-18(22)15-9-6-10-16(20)13-15/h3-10,13,17-18,22H,2,11-12H2,1H3,(H,21,23)/t17-,18+/m0/s1. The number of halogens is 1. The number of carbonyl (C=O) groups is 1. The fourth-order valence-corrected chi connectivity index (χ4v) is 2.79. The van der Waals surface area contributed by atoms with E-state index in [-0.39, 0.29) is 11.8 Å². The number of aliphatic hydroxyl groups excluding tert-OH is 1. The molecule has 2 rings (SSSR count). The number of aliphatic hydroxyl groups is 1. The van der Waals surface area contributed by atoms with Gasteiger partial charge in [-0.15, -0.1) is 0 Å². The van der Waals surface area contributed by atoms with Crippen LogP contribution in [0.15, 0.2) is 54.6 Å². The molecular weight excluding hydrogens is 310 g/mol. The van der Waals surface area contributed by atoms with Gasteiger partial charge in [-0.25, -0.2) is 0 Å². The molecule has 0 unspecified atom stereocenters. The molecule has 0 aliphatic carbocycles. The second kappa shape index (κ2) is 8.70. The molecule has 0 heterocycles. The minimum atomic E-state index is -0.634. The first kappa shape index (κ1) is 17.5. The molecule has 2 aromatic carbocycles. The highest BCUT2D eigenvalue weighted by atomic mass is 35.5. The van der Waals surface area contributed by atoms with Crippen LogP contribution in [0.4, 0.5) is 0 Å². The highest BCUT2D eigenvalue weighted by Crippen LogP contribution is 2.21. The van der Waals surface area contributed by atoms with Crippen molar-refractivity contribution in [2.75, 3.05) is 6.54 Å². The summed E-state index contributed by atoms with van der Waals surface area (Å²) in [6.45, 7) is 2.42. The summed E-state index contributed by atoms with van der Waals surface area (Å²) >= 11 is 5.92. The van der Waals surface area contributed by atoms with Gasteiger partial charge in [-0.05, 0) is 36.1 Å². The zero-order valence-corrected chi connectivity index (χ0v) is 14.0. The Hall–Kier alpha value is -1.84. The molecule has 0 radical (unpaired) electrons. The maximum atomic E-state index is 12.3. The minimum Gasteiger partial charge on any atom is -0.388 e. The van der Waals surface area contributed by atoms with Crippen LogP contribution >= 0.6 is 11.6 Å². The number of hydrogen-bond donors (Lipinski definition) is 2. The van der Waals surface area contributed by atoms with Gasteiger partial charge < -0.3 is 10.4 Å². The first-order valence-electron chi connectivity index (χ1n) is 7.88. The molecule has 4 heteroatoms. The molecule has 122 valence electrons. The normalized spacial score (nSPS) is 13.3. The Morgan fingerprint density at radius 2 is 1.83 bits per heavy atom. The van der Waals surface area contributed by atoms with Crippen molar-refractivity contribution < 1.29 is 9.90 Å². The molecule has 1 amide bonds. The van der Waals surface area contributed by atoms with Crippen molar-refractivity contribution in [2.24, 2.45) is 0 Å². The topological polar surface area (TPSA) is 49.3 Å². The van der Waals surface area contributed by atoms with Gasteiger partial charge in [-0.2, -0.15) is 0 Å². The van der Waals surface area contributed by atoms with Crippen molar-refractivity contribution >= 4 is 17.5 Å². The van der Waals surface area contributed by atoms with Gasteiger partial charge >= 0.3 is 0 Å². The Morgan fingerprint density at radius 3 is 2.48 bits per heavy atom. The van der Waals surface area contributed by atoms with Crippen molar-refractivity contribution in [1.29, 1.82) is 0 Å². The number of hydrogen-bond acceptors (Lipinski definition) is 2. The van der Waals surface area contributed by atoms with Gasteiger partial charge in [0, 0.05) is 11.6 Å². The molecule has 0 aliphatic rings. The molecule has 2 N–H and O–H groups in total. The summed E-state index contributed by atoms with van der Waals surface area (Å²) in [5, 5.41) is 13.7. The van der Waals surface area contributed by atoms with E-state index in [0.29, 0.717) is 18.0 Å². The minimum absolute atomic E-state index is 0.00278. The Labute approximate surface area is 142 Å². The van der Waals surface area contributed by atoms with Crippen LogP contribution in [-0.4, -0.2) is 17.6 Å². The molecular formula is C19H22ClNO2. The predicted octanol–water partition coefficient (Wildman–Crippen LogP) is 4.07. The van der Waals surface area contributed by atoms with Gasteiger partial charge in [0.25, 0.3) is 0 Å². The van der Waals surface area contributed by atoms with E-state index in [4.69, 9.17) is 11.6 Å². The summed E-state index contributed by atoms with van der Waals surface area (Å²) in [5.41, 5.74) is 1.78. The molecule has 0 spiro atoms. The summed E-state index contributed by atoms with van der Waals surface area (Å²) in [6.07, 6.45) is 0.565. The monoisotopic (exact) mass is 331 g/mol. The van der Waals surface area contributed by atoms with Crippen molar-refractivity contribution in [3.8, 4) is 0 Å². The number of nitrogens with one attached hydrogen (secondary N) is 1. The van der Waals surface area contributed by atoms with E-state index in [2.05, 4.69) is 5.32 Å². The van der Waals surface area contributed by atoms with Gasteiger partial charge in [-0.3, -0.25) is 4.79 Å². The summed E-state index contributed by atoms with van der Waals surface area (Å²) in [5.74, 6) is -0.156. The zero-order valence-electron chi connectivity index (χ0n) is 13.2. The molecule has 0 saturated heterocycles. The average molecular weight is 332 g/mol. The molecule has 0 fully saturated rings. The fraction of sp³-hybridized carbons (Fsp3) is 0.316. The van der Waals surface area contributed by atoms with Crippen LogP contribution in [0.1, 0.15) is 42.9 Å². The lowest BCUT2D eigenvalue weighted by atomic mass is 9.95. The molecule has 23 heavy (non-hydrogen) atoms. The van der Waals surface area contributed by atoms with Crippen LogP contribution in [0.25, 0.3) is 0 Å². The lowest BCUT2D eigenvalue weighted by Crippen LogP contribution is -2.30. The first-order chi connectivity index (χ1) is 11.1. The molecule has 2 atom stereocenters. The number of carbonyl (C=O) groups excluding carboxylic acids is 1. The maximum absolute atomic E-state index is 12.3. The Balaban J connectivity index is 1.86. The van der Waals surface area contributed by atoms with E-state index in [1.807, 2.05) is 49.4 Å². The molecule has 0 aromatic heterocycles. The van der Waals surface area contributed by atoms with E-state index < -0.39 is 6.10 Å². The van der Waals surface area contributed by atoms with Crippen molar-refractivity contribution in [3.63, 3.8) is 0 Å². The Bertz CT molecular complexity index is 630. The average Bonchev–Trinajstić information content (AvgIpc) is 2.56. The van der Waals surface area contributed by atoms with Gasteiger partial charge in [-0.1, -0.05) is 61.0 Å². The van der Waals surface area contributed by atoms with Crippen LogP contribution in [-0.2, 0) is 4.79 Å². The van der Waals surface area contributed by atoms with Crippen LogP contribution in [0, 0.1) is 0 Å². The largest absolute Gasteiger partial charge is 0.388 e. The highest BCUT2D eigenvalue weighted by molar-refractivity contribution is 6.30. The van der Waals surface area contributed by atoms with E-state index in [1.54, 1.807) is 12.1 Å². The summed E-state index contributed by atoms with van der Waals surface area (Å²) in [4.78, 5) is 12.3. The zero-order chi connectivity index (χ0) is 16.7. The molecule has 2 aromatic rings. The Kier molecular flexibility index (Phi) is 6.63. The molecule has 3 nitrogen and oxygen atoms in total. The van der Waals surface area contributed by atoms with E-state index in [9.17, 15) is 9.90 Å². The summed E-state index contributed by atoms with van der Waals surface area (Å²) in [6, 6.07) is 16.9. The Morgan fingerprint density at radius 1 is 1.13 bits per heavy atom. The van der Waals surface area contributed by atoms with Crippen LogP contribution < -0.4 is 5.32 Å². The van der Waals surface area contributed by atoms with Crippen LogP contribution in [0.5, 0.6) is 0 Å². The van der Waals surface area contributed by atoms with Crippen molar-refractivity contribution in [2.45, 2.75) is 31.8 Å². The highest BCUT2D eigenvalue weighted by Gasteiger charge is 2.18. The van der Waals surface area contributed by atoms with Gasteiger partial charge in [0.15, 0.2) is 0 Å². The van der Waals surface area contributed by atoms with Crippen molar-refractivity contribution in [1.82, 2.24) is 5.32 Å². The SMILES string of the molecule is CC[C@H](C(=O)NCC[C@@H](O)c1cccc(Cl)c1)c1ccccc1. The van der Waals surface area contributed by atoms with Gasteiger partial charge in [0.05, 0.1) is 12.0 Å². The smallest absolute Gasteiger partial charge is 0.227 e. The lowest BCUT2D eigenvalue weighted by molar-refractivity contribution is -0.122. The second-order valence-corrected chi connectivity index (χ2v) is 5.96.